The predicted octanol–water partition coefficient (Wildman–Crippen LogP) is 2.04. The number of aryl methyl sites for hydroxylation is 1. The Hall–Kier alpha value is -1.14. The highest BCUT2D eigenvalue weighted by molar-refractivity contribution is 7.89. The van der Waals surface area contributed by atoms with Gasteiger partial charge in [0.1, 0.15) is 5.82 Å². The van der Waals surface area contributed by atoms with Gasteiger partial charge in [-0.2, -0.15) is 0 Å². The van der Waals surface area contributed by atoms with Gasteiger partial charge in [-0.25, -0.2) is 17.5 Å². The van der Waals surface area contributed by atoms with E-state index in [1.807, 2.05) is 0 Å². The van der Waals surface area contributed by atoms with Gasteiger partial charge in [-0.05, 0) is 67.6 Å². The molecule has 0 amide bonds. The van der Waals surface area contributed by atoms with Crippen LogP contribution in [0.1, 0.15) is 24.8 Å². The molecule has 4 atom stereocenters. The van der Waals surface area contributed by atoms with Gasteiger partial charge in [0.05, 0.1) is 10.6 Å². The van der Waals surface area contributed by atoms with Crippen molar-refractivity contribution in [2.45, 2.75) is 37.1 Å². The number of rotatable bonds is 3. The van der Waals surface area contributed by atoms with Crippen LogP contribution in [0, 0.1) is 36.4 Å². The Labute approximate surface area is 124 Å². The van der Waals surface area contributed by atoms with E-state index in [1.54, 1.807) is 0 Å². The number of fused-ring (bicyclic) bond motifs is 5. The van der Waals surface area contributed by atoms with Gasteiger partial charge >= 0.3 is 0 Å². The van der Waals surface area contributed by atoms with Gasteiger partial charge < -0.3 is 5.73 Å². The summed E-state index contributed by atoms with van der Waals surface area (Å²) in [6.07, 6.45) is 3.76. The molecular weight excluding hydrogens is 291 g/mol. The van der Waals surface area contributed by atoms with Crippen molar-refractivity contribution in [1.82, 2.24) is 4.72 Å². The number of sulfonamides is 1. The van der Waals surface area contributed by atoms with Crippen molar-refractivity contribution in [2.24, 2.45) is 23.7 Å². The third kappa shape index (κ3) is 1.92. The van der Waals surface area contributed by atoms with Crippen LogP contribution in [0.4, 0.5) is 10.1 Å². The highest BCUT2D eigenvalue weighted by atomic mass is 32.2. The summed E-state index contributed by atoms with van der Waals surface area (Å²) >= 11 is 0. The summed E-state index contributed by atoms with van der Waals surface area (Å²) < 4.78 is 41.3. The number of nitrogen functional groups attached to an aromatic ring is 1. The average molecular weight is 310 g/mol. The average Bonchev–Trinajstić information content (AvgIpc) is 2.83. The Kier molecular flexibility index (Phi) is 2.70. The van der Waals surface area contributed by atoms with Gasteiger partial charge in [0.15, 0.2) is 0 Å². The minimum absolute atomic E-state index is 0.0659. The fourth-order valence-electron chi connectivity index (χ4n) is 4.65. The van der Waals surface area contributed by atoms with Crippen LogP contribution in [0.5, 0.6) is 0 Å². The highest BCUT2D eigenvalue weighted by Crippen LogP contribution is 2.65. The molecule has 0 aromatic heterocycles. The third-order valence-corrected chi connectivity index (χ3v) is 7.03. The summed E-state index contributed by atoms with van der Waals surface area (Å²) in [4.78, 5) is 0.0659. The Bertz CT molecular complexity index is 679. The molecule has 21 heavy (non-hydrogen) atoms. The lowest BCUT2D eigenvalue weighted by atomic mass is 10.0. The van der Waals surface area contributed by atoms with E-state index in [9.17, 15) is 12.8 Å². The zero-order valence-corrected chi connectivity index (χ0v) is 12.7. The first-order valence-electron chi connectivity index (χ1n) is 7.46. The molecule has 3 saturated carbocycles. The number of hydrogen-bond acceptors (Lipinski definition) is 3. The van der Waals surface area contributed by atoms with E-state index in [0.717, 1.165) is 0 Å². The molecular formula is C15H19FN2O2S. The van der Waals surface area contributed by atoms with Crippen LogP contribution in [0.25, 0.3) is 0 Å². The van der Waals surface area contributed by atoms with Crippen LogP contribution in [-0.4, -0.2) is 14.5 Å². The molecule has 3 fully saturated rings. The molecule has 1 aromatic rings. The van der Waals surface area contributed by atoms with E-state index in [2.05, 4.69) is 4.72 Å². The Morgan fingerprint density at radius 2 is 1.86 bits per heavy atom. The molecule has 0 aliphatic heterocycles. The van der Waals surface area contributed by atoms with E-state index in [1.165, 1.54) is 38.3 Å². The summed E-state index contributed by atoms with van der Waals surface area (Å²) in [6.45, 7) is 1.52. The number of nitrogens with two attached hydrogens (primary N) is 1. The van der Waals surface area contributed by atoms with Crippen molar-refractivity contribution < 1.29 is 12.8 Å². The topological polar surface area (TPSA) is 72.2 Å². The molecule has 4 unspecified atom stereocenters. The van der Waals surface area contributed by atoms with Crippen LogP contribution in [0.3, 0.4) is 0 Å². The first kappa shape index (κ1) is 13.5. The van der Waals surface area contributed by atoms with Gasteiger partial charge in [0.2, 0.25) is 10.0 Å². The lowest BCUT2D eigenvalue weighted by Crippen LogP contribution is -2.30. The molecule has 0 saturated heterocycles. The second-order valence-corrected chi connectivity index (χ2v) is 8.49. The molecule has 2 bridgehead atoms. The normalized spacial score (nSPS) is 36.8. The maximum atomic E-state index is 13.5. The van der Waals surface area contributed by atoms with E-state index >= 15 is 0 Å². The van der Waals surface area contributed by atoms with E-state index < -0.39 is 15.8 Å². The van der Waals surface area contributed by atoms with E-state index in [-0.39, 0.29) is 22.2 Å². The highest BCUT2D eigenvalue weighted by Gasteiger charge is 2.65. The predicted molar refractivity (Wildman–Crippen MR) is 77.5 cm³/mol. The maximum Gasteiger partial charge on any atom is 0.240 e. The molecule has 4 nitrogen and oxygen atoms in total. The van der Waals surface area contributed by atoms with Gasteiger partial charge in [0, 0.05) is 6.04 Å². The van der Waals surface area contributed by atoms with Crippen LogP contribution in [0.2, 0.25) is 0 Å². The van der Waals surface area contributed by atoms with Crippen molar-refractivity contribution in [3.8, 4) is 0 Å². The maximum absolute atomic E-state index is 13.5. The summed E-state index contributed by atoms with van der Waals surface area (Å²) in [5.41, 5.74) is 5.68. The van der Waals surface area contributed by atoms with Crippen molar-refractivity contribution in [1.29, 1.82) is 0 Å². The standard InChI is InChI=1S/C15H19FN2O2S/c1-7-4-10(6-11(17)14(7)16)21(19,20)18-15-12-8-2-3-9(5-8)13(12)15/h4,6,8-9,12-13,15,18H,2-3,5,17H2,1H3. The monoisotopic (exact) mass is 310 g/mol. The molecule has 6 heteroatoms. The molecule has 0 heterocycles. The van der Waals surface area contributed by atoms with E-state index in [0.29, 0.717) is 23.7 Å². The quantitative estimate of drug-likeness (QED) is 0.839. The Balaban J connectivity index is 1.58. The lowest BCUT2D eigenvalue weighted by molar-refractivity contribution is 0.456. The lowest BCUT2D eigenvalue weighted by Gasteiger charge is -2.12. The zero-order valence-electron chi connectivity index (χ0n) is 11.8. The second-order valence-electron chi connectivity index (χ2n) is 6.78. The second kappa shape index (κ2) is 4.20. The zero-order chi connectivity index (χ0) is 14.9. The fourth-order valence-corrected chi connectivity index (χ4v) is 6.07. The summed E-state index contributed by atoms with van der Waals surface area (Å²) in [5, 5.41) is 0. The number of halogens is 1. The minimum Gasteiger partial charge on any atom is -0.396 e. The molecule has 1 aromatic carbocycles. The van der Waals surface area contributed by atoms with Gasteiger partial charge in [0.25, 0.3) is 0 Å². The van der Waals surface area contributed by atoms with Crippen molar-refractivity contribution in [2.75, 3.05) is 5.73 Å². The van der Waals surface area contributed by atoms with Gasteiger partial charge in [-0.3, -0.25) is 0 Å². The SMILES string of the molecule is Cc1cc(S(=O)(=O)NC2C3C4CCC(C4)C23)cc(N)c1F. The van der Waals surface area contributed by atoms with Crippen LogP contribution in [-0.2, 0) is 10.0 Å². The Morgan fingerprint density at radius 1 is 1.24 bits per heavy atom. The van der Waals surface area contributed by atoms with Crippen LogP contribution >= 0.6 is 0 Å². The van der Waals surface area contributed by atoms with E-state index in [4.69, 9.17) is 5.73 Å². The molecule has 4 rings (SSSR count). The number of hydrogen-bond donors (Lipinski definition) is 2. The number of nitrogens with one attached hydrogen (secondary N) is 1. The van der Waals surface area contributed by atoms with Gasteiger partial charge in [-0.1, -0.05) is 0 Å². The molecule has 3 aliphatic carbocycles. The first-order chi connectivity index (χ1) is 9.88. The molecule has 114 valence electrons. The fraction of sp³-hybridized carbons (Fsp3) is 0.600. The Morgan fingerprint density at radius 3 is 2.43 bits per heavy atom. The van der Waals surface area contributed by atoms with Gasteiger partial charge in [-0.15, -0.1) is 0 Å². The van der Waals surface area contributed by atoms with Crippen molar-refractivity contribution in [3.63, 3.8) is 0 Å². The number of anilines is 1. The molecule has 0 spiro atoms. The summed E-state index contributed by atoms with van der Waals surface area (Å²) in [6, 6.07) is 2.63. The largest absolute Gasteiger partial charge is 0.396 e. The molecule has 0 radical (unpaired) electrons. The molecule has 3 aliphatic rings. The van der Waals surface area contributed by atoms with Crippen molar-refractivity contribution in [3.05, 3.63) is 23.5 Å². The summed E-state index contributed by atoms with van der Waals surface area (Å²) in [5.74, 6) is 1.91. The third-order valence-electron chi connectivity index (χ3n) is 5.59. The smallest absolute Gasteiger partial charge is 0.240 e. The first-order valence-corrected chi connectivity index (χ1v) is 8.95. The number of benzene rings is 1. The van der Waals surface area contributed by atoms with Crippen LogP contribution in [0.15, 0.2) is 17.0 Å². The molecule has 3 N–H and O–H groups in total. The van der Waals surface area contributed by atoms with Crippen LogP contribution < -0.4 is 10.5 Å². The van der Waals surface area contributed by atoms with Crippen molar-refractivity contribution >= 4 is 15.7 Å². The summed E-state index contributed by atoms with van der Waals surface area (Å²) in [7, 11) is -3.62. The minimum atomic E-state index is -3.62.